The van der Waals surface area contributed by atoms with Crippen LogP contribution < -0.4 is 20.5 Å². The van der Waals surface area contributed by atoms with Gasteiger partial charge in [0.25, 0.3) is 0 Å². The molecule has 19 heavy (non-hydrogen) atoms. The third kappa shape index (κ3) is 3.86. The predicted octanol–water partition coefficient (Wildman–Crippen LogP) is 1.20. The number of fused-ring (bicyclic) bond motifs is 1. The lowest BCUT2D eigenvalue weighted by Gasteiger charge is -2.15. The number of ether oxygens (including phenoxy) is 2. The molecule has 0 spiro atoms. The number of nitrogens with one attached hydrogen (secondary N) is 1. The summed E-state index contributed by atoms with van der Waals surface area (Å²) in [5.41, 5.74) is 6.21. The van der Waals surface area contributed by atoms with Crippen LogP contribution in [-0.4, -0.2) is 25.2 Å². The fraction of sp³-hybridized carbons (Fsp3) is 0.500. The predicted molar refractivity (Wildman–Crippen MR) is 72.2 cm³/mol. The second kappa shape index (κ2) is 6.43. The molecule has 1 aromatic rings. The van der Waals surface area contributed by atoms with Crippen LogP contribution in [0.4, 0.5) is 0 Å². The Hall–Kier alpha value is -1.75. The Bertz CT molecular complexity index is 448. The van der Waals surface area contributed by atoms with Crippen LogP contribution in [0.5, 0.6) is 11.5 Å². The molecule has 0 radical (unpaired) electrons. The number of carbonyl (C=O) groups excluding carboxylic acids is 1. The van der Waals surface area contributed by atoms with Gasteiger partial charge in [-0.15, -0.1) is 0 Å². The number of carbonyl (C=O) groups is 1. The fourth-order valence-corrected chi connectivity index (χ4v) is 2.05. The number of benzene rings is 1. The maximum atomic E-state index is 10.8. The fourth-order valence-electron chi connectivity index (χ4n) is 2.05. The molecule has 1 amide bonds. The number of nitrogens with two attached hydrogens (primary N) is 1. The first-order chi connectivity index (χ1) is 9.16. The number of hydrogen-bond acceptors (Lipinski definition) is 4. The molecule has 1 aromatic carbocycles. The standard InChI is InChI=1S/C14H20N2O3/c1-10(8-13(15)17)16-9-11-4-2-5-12-14(11)19-7-3-6-18-12/h2,4-5,10,16H,3,6-9H2,1H3,(H2,15,17). The average molecular weight is 264 g/mol. The van der Waals surface area contributed by atoms with Gasteiger partial charge in [-0.05, 0) is 13.0 Å². The van der Waals surface area contributed by atoms with Crippen LogP contribution in [0.2, 0.25) is 0 Å². The number of rotatable bonds is 5. The quantitative estimate of drug-likeness (QED) is 0.838. The molecule has 0 saturated carbocycles. The van der Waals surface area contributed by atoms with Crippen molar-refractivity contribution >= 4 is 5.91 Å². The Morgan fingerprint density at radius 2 is 2.21 bits per heavy atom. The third-order valence-electron chi connectivity index (χ3n) is 3.00. The topological polar surface area (TPSA) is 73.6 Å². The van der Waals surface area contributed by atoms with Crippen LogP contribution in [0.15, 0.2) is 18.2 Å². The highest BCUT2D eigenvalue weighted by Crippen LogP contribution is 2.33. The Kier molecular flexibility index (Phi) is 4.63. The SMILES string of the molecule is CC(CC(N)=O)NCc1cccc2c1OCCCO2. The lowest BCUT2D eigenvalue weighted by atomic mass is 10.1. The second-order valence-electron chi connectivity index (χ2n) is 4.75. The van der Waals surface area contributed by atoms with Crippen LogP contribution in [0.25, 0.3) is 0 Å². The summed E-state index contributed by atoms with van der Waals surface area (Å²) in [5, 5.41) is 3.26. The highest BCUT2D eigenvalue weighted by molar-refractivity contribution is 5.74. The number of para-hydroxylation sites is 1. The average Bonchev–Trinajstić information content (AvgIpc) is 2.60. The summed E-state index contributed by atoms with van der Waals surface area (Å²) in [6, 6.07) is 5.90. The van der Waals surface area contributed by atoms with Gasteiger partial charge in [0, 0.05) is 31.0 Å². The van der Waals surface area contributed by atoms with E-state index < -0.39 is 0 Å². The molecule has 0 aliphatic carbocycles. The van der Waals surface area contributed by atoms with Crippen LogP contribution in [0, 0.1) is 0 Å². The molecule has 5 heteroatoms. The van der Waals surface area contributed by atoms with Crippen molar-refractivity contribution in [1.82, 2.24) is 5.32 Å². The first kappa shape index (κ1) is 13.7. The van der Waals surface area contributed by atoms with E-state index >= 15 is 0 Å². The van der Waals surface area contributed by atoms with Gasteiger partial charge < -0.3 is 20.5 Å². The van der Waals surface area contributed by atoms with Gasteiger partial charge in [0.1, 0.15) is 0 Å². The minimum absolute atomic E-state index is 0.0417. The molecule has 0 aromatic heterocycles. The van der Waals surface area contributed by atoms with Crippen molar-refractivity contribution in [3.8, 4) is 11.5 Å². The minimum atomic E-state index is -0.300. The van der Waals surface area contributed by atoms with Crippen molar-refractivity contribution in [3.63, 3.8) is 0 Å². The number of primary amides is 1. The first-order valence-electron chi connectivity index (χ1n) is 6.56. The van der Waals surface area contributed by atoms with E-state index in [-0.39, 0.29) is 11.9 Å². The summed E-state index contributed by atoms with van der Waals surface area (Å²) in [6.45, 7) is 3.91. The lowest BCUT2D eigenvalue weighted by molar-refractivity contribution is -0.118. The Balaban J connectivity index is 2.02. The summed E-state index contributed by atoms with van der Waals surface area (Å²) in [4.78, 5) is 10.8. The lowest BCUT2D eigenvalue weighted by Crippen LogP contribution is -2.30. The zero-order valence-electron chi connectivity index (χ0n) is 11.1. The van der Waals surface area contributed by atoms with Crippen LogP contribution in [0.1, 0.15) is 25.3 Å². The van der Waals surface area contributed by atoms with Gasteiger partial charge in [-0.1, -0.05) is 12.1 Å². The first-order valence-corrected chi connectivity index (χ1v) is 6.56. The van der Waals surface area contributed by atoms with Crippen molar-refractivity contribution in [2.45, 2.75) is 32.4 Å². The molecule has 3 N–H and O–H groups in total. The second-order valence-corrected chi connectivity index (χ2v) is 4.75. The number of amides is 1. The van der Waals surface area contributed by atoms with E-state index in [4.69, 9.17) is 15.2 Å². The largest absolute Gasteiger partial charge is 0.490 e. The van der Waals surface area contributed by atoms with Gasteiger partial charge in [-0.25, -0.2) is 0 Å². The third-order valence-corrected chi connectivity index (χ3v) is 3.00. The number of hydrogen-bond donors (Lipinski definition) is 2. The highest BCUT2D eigenvalue weighted by Gasteiger charge is 2.15. The Labute approximate surface area is 113 Å². The van der Waals surface area contributed by atoms with Crippen molar-refractivity contribution in [3.05, 3.63) is 23.8 Å². The van der Waals surface area contributed by atoms with Crippen molar-refractivity contribution in [2.24, 2.45) is 5.73 Å². The molecule has 1 unspecified atom stereocenters. The van der Waals surface area contributed by atoms with Gasteiger partial charge >= 0.3 is 0 Å². The molecule has 0 fully saturated rings. The van der Waals surface area contributed by atoms with Crippen LogP contribution in [-0.2, 0) is 11.3 Å². The van der Waals surface area contributed by atoms with E-state index in [9.17, 15) is 4.79 Å². The molecular formula is C14H20N2O3. The highest BCUT2D eigenvalue weighted by atomic mass is 16.5. The van der Waals surface area contributed by atoms with E-state index in [1.165, 1.54) is 0 Å². The molecule has 2 rings (SSSR count). The van der Waals surface area contributed by atoms with Gasteiger partial charge in [0.05, 0.1) is 13.2 Å². The van der Waals surface area contributed by atoms with E-state index in [1.54, 1.807) is 0 Å². The molecule has 0 saturated heterocycles. The van der Waals surface area contributed by atoms with Crippen molar-refractivity contribution < 1.29 is 14.3 Å². The molecule has 0 bridgehead atoms. The van der Waals surface area contributed by atoms with Crippen molar-refractivity contribution in [1.29, 1.82) is 0 Å². The van der Waals surface area contributed by atoms with Gasteiger partial charge in [-0.2, -0.15) is 0 Å². The monoisotopic (exact) mass is 264 g/mol. The van der Waals surface area contributed by atoms with Gasteiger partial charge in [0.2, 0.25) is 5.91 Å². The molecule has 1 aliphatic rings. The molecule has 1 atom stereocenters. The van der Waals surface area contributed by atoms with Crippen molar-refractivity contribution in [2.75, 3.05) is 13.2 Å². The molecular weight excluding hydrogens is 244 g/mol. The summed E-state index contributed by atoms with van der Waals surface area (Å²) >= 11 is 0. The molecule has 1 heterocycles. The van der Waals surface area contributed by atoms with E-state index in [0.29, 0.717) is 26.2 Å². The van der Waals surface area contributed by atoms with E-state index in [2.05, 4.69) is 5.32 Å². The summed E-state index contributed by atoms with van der Waals surface area (Å²) in [6.07, 6.45) is 1.21. The zero-order valence-corrected chi connectivity index (χ0v) is 11.1. The van der Waals surface area contributed by atoms with Gasteiger partial charge in [-0.3, -0.25) is 4.79 Å². The summed E-state index contributed by atoms with van der Waals surface area (Å²) in [5.74, 6) is 1.30. The maximum Gasteiger partial charge on any atom is 0.218 e. The summed E-state index contributed by atoms with van der Waals surface area (Å²) < 4.78 is 11.4. The van der Waals surface area contributed by atoms with E-state index in [1.807, 2.05) is 25.1 Å². The van der Waals surface area contributed by atoms with E-state index in [0.717, 1.165) is 23.5 Å². The normalized spacial score (nSPS) is 15.6. The molecule has 1 aliphatic heterocycles. The molecule has 5 nitrogen and oxygen atoms in total. The minimum Gasteiger partial charge on any atom is -0.490 e. The Morgan fingerprint density at radius 3 is 3.00 bits per heavy atom. The zero-order chi connectivity index (χ0) is 13.7. The van der Waals surface area contributed by atoms with Gasteiger partial charge in [0.15, 0.2) is 11.5 Å². The smallest absolute Gasteiger partial charge is 0.218 e. The maximum absolute atomic E-state index is 10.8. The van der Waals surface area contributed by atoms with Crippen LogP contribution in [0.3, 0.4) is 0 Å². The summed E-state index contributed by atoms with van der Waals surface area (Å²) in [7, 11) is 0. The van der Waals surface area contributed by atoms with Crippen LogP contribution >= 0.6 is 0 Å². The Morgan fingerprint density at radius 1 is 1.42 bits per heavy atom. The molecule has 104 valence electrons.